The van der Waals surface area contributed by atoms with Crippen LogP contribution in [0.1, 0.15) is 5.69 Å². The maximum atomic E-state index is 5.87. The van der Waals surface area contributed by atoms with E-state index in [0.29, 0.717) is 12.2 Å². The summed E-state index contributed by atoms with van der Waals surface area (Å²) in [4.78, 5) is 6.73. The maximum absolute atomic E-state index is 5.87. The number of hydrogen-bond donors (Lipinski definition) is 1. The Balaban J connectivity index is 1.77. The number of pyridine rings is 1. The molecule has 0 amide bonds. The first-order valence-electron chi connectivity index (χ1n) is 5.85. The van der Waals surface area contributed by atoms with Crippen molar-refractivity contribution < 1.29 is 4.74 Å². The summed E-state index contributed by atoms with van der Waals surface area (Å²) in [5, 5.41) is 3.40. The monoisotopic (exact) mass is 219 g/mol. The molecule has 1 aromatic rings. The summed E-state index contributed by atoms with van der Waals surface area (Å²) >= 11 is 0. The lowest BCUT2D eigenvalue weighted by Crippen LogP contribution is -2.58. The number of ether oxygens (including phenoxy) is 1. The van der Waals surface area contributed by atoms with Crippen LogP contribution in [0.4, 0.5) is 5.69 Å². The highest BCUT2D eigenvalue weighted by Gasteiger charge is 2.31. The van der Waals surface area contributed by atoms with E-state index >= 15 is 0 Å². The molecule has 2 aliphatic heterocycles. The van der Waals surface area contributed by atoms with E-state index < -0.39 is 0 Å². The Bertz CT molecular complexity index is 353. The number of nitrogens with zero attached hydrogens (tertiary/aromatic N) is 2. The van der Waals surface area contributed by atoms with Crippen LogP contribution in [0.5, 0.6) is 0 Å². The summed E-state index contributed by atoms with van der Waals surface area (Å²) in [6.07, 6.45) is 2.62. The lowest BCUT2D eigenvalue weighted by atomic mass is 10.1. The van der Waals surface area contributed by atoms with Crippen LogP contribution in [0.25, 0.3) is 0 Å². The minimum atomic E-state index is 0.328. The smallest absolute Gasteiger partial charge is 0.0879 e. The zero-order chi connectivity index (χ0) is 11.0. The van der Waals surface area contributed by atoms with Crippen molar-refractivity contribution >= 4 is 5.69 Å². The normalized spacial score (nSPS) is 29.2. The predicted octanol–water partition coefficient (Wildman–Crippen LogP) is 0.567. The molecule has 3 heterocycles. The topological polar surface area (TPSA) is 37.4 Å². The standard InChI is InChI=1S/C12H17N3O/c1-9-2-3-10(4-14-9)15-7-11-5-13-6-12(8-15)16-11/h2-4,11-13H,5-8H2,1H3. The van der Waals surface area contributed by atoms with Crippen LogP contribution in [0, 0.1) is 6.92 Å². The van der Waals surface area contributed by atoms with Gasteiger partial charge in [0.15, 0.2) is 0 Å². The van der Waals surface area contributed by atoms with E-state index in [1.54, 1.807) is 0 Å². The predicted molar refractivity (Wildman–Crippen MR) is 62.7 cm³/mol. The molecule has 2 aliphatic rings. The van der Waals surface area contributed by atoms with E-state index in [1.807, 2.05) is 13.1 Å². The summed E-state index contributed by atoms with van der Waals surface area (Å²) in [6, 6.07) is 4.22. The van der Waals surface area contributed by atoms with Crippen LogP contribution in [-0.4, -0.2) is 43.4 Å². The molecule has 0 saturated carbocycles. The Labute approximate surface area is 95.6 Å². The highest BCUT2D eigenvalue weighted by molar-refractivity contribution is 5.45. The van der Waals surface area contributed by atoms with Crippen molar-refractivity contribution in [2.75, 3.05) is 31.1 Å². The molecule has 4 heteroatoms. The van der Waals surface area contributed by atoms with E-state index in [2.05, 4.69) is 27.3 Å². The number of aromatic nitrogens is 1. The van der Waals surface area contributed by atoms with E-state index in [1.165, 1.54) is 5.69 Å². The van der Waals surface area contributed by atoms with Crippen molar-refractivity contribution in [2.45, 2.75) is 19.1 Å². The van der Waals surface area contributed by atoms with Crippen molar-refractivity contribution in [3.8, 4) is 0 Å². The van der Waals surface area contributed by atoms with Crippen molar-refractivity contribution in [1.29, 1.82) is 0 Å². The second-order valence-corrected chi connectivity index (χ2v) is 4.60. The van der Waals surface area contributed by atoms with Gasteiger partial charge in [0.05, 0.1) is 24.1 Å². The quantitative estimate of drug-likeness (QED) is 0.749. The van der Waals surface area contributed by atoms with Crippen molar-refractivity contribution in [1.82, 2.24) is 10.3 Å². The van der Waals surface area contributed by atoms with Crippen molar-refractivity contribution in [3.63, 3.8) is 0 Å². The van der Waals surface area contributed by atoms with Gasteiger partial charge in [0, 0.05) is 31.9 Å². The fraction of sp³-hybridized carbons (Fsp3) is 0.583. The third-order valence-electron chi connectivity index (χ3n) is 3.24. The van der Waals surface area contributed by atoms with Crippen LogP contribution in [0.3, 0.4) is 0 Å². The molecule has 0 spiro atoms. The van der Waals surface area contributed by atoms with Crippen LogP contribution < -0.4 is 10.2 Å². The van der Waals surface area contributed by atoms with Crippen molar-refractivity contribution in [3.05, 3.63) is 24.0 Å². The molecular weight excluding hydrogens is 202 g/mol. The molecule has 2 bridgehead atoms. The van der Waals surface area contributed by atoms with Crippen molar-refractivity contribution in [2.24, 2.45) is 0 Å². The SMILES string of the molecule is Cc1ccc(N2CC3CNCC(C2)O3)cn1. The summed E-state index contributed by atoms with van der Waals surface area (Å²) in [5.41, 5.74) is 2.28. The van der Waals surface area contributed by atoms with Gasteiger partial charge >= 0.3 is 0 Å². The number of morpholine rings is 2. The second-order valence-electron chi connectivity index (χ2n) is 4.60. The summed E-state index contributed by atoms with van der Waals surface area (Å²) < 4.78 is 5.87. The molecule has 0 aromatic carbocycles. The number of hydrogen-bond acceptors (Lipinski definition) is 4. The Morgan fingerprint density at radius 3 is 2.69 bits per heavy atom. The first-order valence-corrected chi connectivity index (χ1v) is 5.85. The van der Waals surface area contributed by atoms with Gasteiger partial charge in [0.25, 0.3) is 0 Å². The van der Waals surface area contributed by atoms with Crippen LogP contribution in [0.2, 0.25) is 0 Å². The third kappa shape index (κ3) is 1.90. The van der Waals surface area contributed by atoms with Gasteiger partial charge in [-0.2, -0.15) is 0 Å². The fourth-order valence-electron chi connectivity index (χ4n) is 2.41. The summed E-state index contributed by atoms with van der Waals surface area (Å²) in [5.74, 6) is 0. The van der Waals surface area contributed by atoms with Gasteiger partial charge in [-0.05, 0) is 19.1 Å². The molecule has 1 aromatic heterocycles. The molecule has 2 saturated heterocycles. The molecule has 16 heavy (non-hydrogen) atoms. The summed E-state index contributed by atoms with van der Waals surface area (Å²) in [6.45, 7) is 5.88. The average Bonchev–Trinajstić information content (AvgIpc) is 2.29. The van der Waals surface area contributed by atoms with Gasteiger partial charge in [-0.15, -0.1) is 0 Å². The largest absolute Gasteiger partial charge is 0.369 e. The molecule has 3 rings (SSSR count). The molecule has 0 aliphatic carbocycles. The Morgan fingerprint density at radius 2 is 2.06 bits per heavy atom. The fourth-order valence-corrected chi connectivity index (χ4v) is 2.41. The molecule has 4 nitrogen and oxygen atoms in total. The molecule has 86 valence electrons. The number of aryl methyl sites for hydroxylation is 1. The van der Waals surface area contributed by atoms with E-state index in [4.69, 9.17) is 4.74 Å². The number of rotatable bonds is 1. The lowest BCUT2D eigenvalue weighted by molar-refractivity contribution is -0.0484. The first kappa shape index (κ1) is 10.1. The molecule has 2 unspecified atom stereocenters. The van der Waals surface area contributed by atoms with E-state index in [0.717, 1.165) is 31.9 Å². The Morgan fingerprint density at radius 1 is 1.31 bits per heavy atom. The second kappa shape index (κ2) is 4.03. The zero-order valence-electron chi connectivity index (χ0n) is 9.52. The Hall–Kier alpha value is -1.13. The highest BCUT2D eigenvalue weighted by atomic mass is 16.5. The van der Waals surface area contributed by atoms with Gasteiger partial charge in [-0.1, -0.05) is 0 Å². The molecule has 2 fully saturated rings. The highest BCUT2D eigenvalue weighted by Crippen LogP contribution is 2.21. The zero-order valence-corrected chi connectivity index (χ0v) is 9.52. The van der Waals surface area contributed by atoms with Gasteiger partial charge in [0.1, 0.15) is 0 Å². The van der Waals surface area contributed by atoms with Gasteiger partial charge < -0.3 is 15.0 Å². The first-order chi connectivity index (χ1) is 7.81. The Kier molecular flexibility index (Phi) is 2.53. The number of nitrogens with one attached hydrogen (secondary N) is 1. The molecule has 0 radical (unpaired) electrons. The lowest BCUT2D eigenvalue weighted by Gasteiger charge is -2.42. The number of fused-ring (bicyclic) bond motifs is 2. The third-order valence-corrected chi connectivity index (χ3v) is 3.24. The minimum absolute atomic E-state index is 0.328. The van der Waals surface area contributed by atoms with Crippen LogP contribution in [0.15, 0.2) is 18.3 Å². The van der Waals surface area contributed by atoms with Gasteiger partial charge in [-0.25, -0.2) is 0 Å². The summed E-state index contributed by atoms with van der Waals surface area (Å²) in [7, 11) is 0. The van der Waals surface area contributed by atoms with Crippen LogP contribution in [-0.2, 0) is 4.74 Å². The molecular formula is C12H17N3O. The van der Waals surface area contributed by atoms with Gasteiger partial charge in [0.2, 0.25) is 0 Å². The average molecular weight is 219 g/mol. The van der Waals surface area contributed by atoms with E-state index in [9.17, 15) is 0 Å². The molecule has 2 atom stereocenters. The maximum Gasteiger partial charge on any atom is 0.0879 e. The van der Waals surface area contributed by atoms with Crippen LogP contribution >= 0.6 is 0 Å². The minimum Gasteiger partial charge on any atom is -0.369 e. The molecule has 1 N–H and O–H groups in total. The van der Waals surface area contributed by atoms with E-state index in [-0.39, 0.29) is 0 Å². The van der Waals surface area contributed by atoms with Gasteiger partial charge in [-0.3, -0.25) is 4.98 Å². The number of anilines is 1.